The van der Waals surface area contributed by atoms with Crippen molar-refractivity contribution < 1.29 is 14.3 Å². The molecule has 0 radical (unpaired) electrons. The summed E-state index contributed by atoms with van der Waals surface area (Å²) in [5.41, 5.74) is 0. The number of rotatable bonds is 8. The summed E-state index contributed by atoms with van der Waals surface area (Å²) in [6.45, 7) is 4.43. The molecule has 2 rings (SSSR count). The Balaban J connectivity index is 0.00000364. The summed E-state index contributed by atoms with van der Waals surface area (Å²) in [5, 5.41) is 3.40. The number of carbonyl (C=O) groups is 1. The lowest BCUT2D eigenvalue weighted by molar-refractivity contribution is -0.127. The Kier molecular flexibility index (Phi) is 12.7. The van der Waals surface area contributed by atoms with E-state index in [2.05, 4.69) is 21.5 Å². The number of likely N-dealkylation sites (tertiary alicyclic amines) is 1. The van der Waals surface area contributed by atoms with Gasteiger partial charge in [0.25, 0.3) is 0 Å². The van der Waals surface area contributed by atoms with E-state index >= 15 is 0 Å². The lowest BCUT2D eigenvalue weighted by Gasteiger charge is -2.34. The molecule has 27 heavy (non-hydrogen) atoms. The maximum atomic E-state index is 11.9. The Hall–Kier alpha value is -0.260. The normalized spacial score (nSPS) is 21.1. The topological polar surface area (TPSA) is 66.4 Å². The van der Waals surface area contributed by atoms with Crippen molar-refractivity contribution in [1.82, 2.24) is 15.1 Å². The van der Waals surface area contributed by atoms with Crippen molar-refractivity contribution in [1.29, 1.82) is 0 Å². The van der Waals surface area contributed by atoms with Crippen LogP contribution in [0.1, 0.15) is 25.7 Å². The zero-order chi connectivity index (χ0) is 18.8. The molecule has 0 aromatic heterocycles. The highest BCUT2D eigenvalue weighted by Crippen LogP contribution is 2.17. The van der Waals surface area contributed by atoms with Crippen molar-refractivity contribution in [3.05, 3.63) is 0 Å². The summed E-state index contributed by atoms with van der Waals surface area (Å²) >= 11 is 1.80. The Labute approximate surface area is 185 Å². The van der Waals surface area contributed by atoms with Gasteiger partial charge in [-0.05, 0) is 31.9 Å². The third-order valence-corrected chi connectivity index (χ3v) is 5.35. The summed E-state index contributed by atoms with van der Waals surface area (Å²) in [5.74, 6) is 1.87. The van der Waals surface area contributed by atoms with E-state index in [0.717, 1.165) is 70.2 Å². The van der Waals surface area contributed by atoms with Gasteiger partial charge < -0.3 is 24.6 Å². The number of carbonyl (C=O) groups excluding carboxylic acids is 1. The molecule has 2 aliphatic heterocycles. The zero-order valence-corrected chi connectivity index (χ0v) is 20.0. The first-order valence-corrected chi connectivity index (χ1v) is 10.9. The van der Waals surface area contributed by atoms with Gasteiger partial charge in [0.2, 0.25) is 5.91 Å². The van der Waals surface area contributed by atoms with E-state index in [4.69, 9.17) is 9.47 Å². The number of hydrogen-bond acceptors (Lipinski definition) is 5. The fourth-order valence-electron chi connectivity index (χ4n) is 3.07. The third kappa shape index (κ3) is 9.19. The summed E-state index contributed by atoms with van der Waals surface area (Å²) in [6.07, 6.45) is 6.91. The number of ether oxygens (including phenoxy) is 2. The van der Waals surface area contributed by atoms with Crippen LogP contribution in [-0.4, -0.2) is 99.4 Å². The lowest BCUT2D eigenvalue weighted by atomic mass is 10.1. The van der Waals surface area contributed by atoms with E-state index in [-0.39, 0.29) is 42.5 Å². The summed E-state index contributed by atoms with van der Waals surface area (Å²) in [6, 6.07) is 0. The molecule has 0 spiro atoms. The first-order chi connectivity index (χ1) is 12.6. The third-order valence-electron chi connectivity index (χ3n) is 4.74. The van der Waals surface area contributed by atoms with Gasteiger partial charge in [-0.15, -0.1) is 24.0 Å². The highest BCUT2D eigenvalue weighted by atomic mass is 127. The minimum atomic E-state index is 0. The molecule has 1 unspecified atom stereocenters. The number of thioether (sulfide) groups is 1. The molecule has 2 fully saturated rings. The highest BCUT2D eigenvalue weighted by molar-refractivity contribution is 14.0. The minimum absolute atomic E-state index is 0. The number of hydrogen-bond donors (Lipinski definition) is 1. The number of nitrogens with one attached hydrogen (secondary N) is 1. The molecule has 0 aromatic carbocycles. The monoisotopic (exact) mass is 514 g/mol. The van der Waals surface area contributed by atoms with Crippen molar-refractivity contribution in [2.45, 2.75) is 37.9 Å². The maximum absolute atomic E-state index is 11.9. The molecule has 0 aromatic rings. The van der Waals surface area contributed by atoms with Gasteiger partial charge in [-0.1, -0.05) is 0 Å². The van der Waals surface area contributed by atoms with Gasteiger partial charge in [0.05, 0.1) is 18.8 Å². The first kappa shape index (κ1) is 24.8. The van der Waals surface area contributed by atoms with Crippen LogP contribution in [0, 0.1) is 0 Å². The number of amides is 1. The van der Waals surface area contributed by atoms with Crippen LogP contribution in [0.3, 0.4) is 0 Å². The number of likely N-dealkylation sites (N-methyl/N-ethyl adjacent to an activating group) is 1. The van der Waals surface area contributed by atoms with E-state index in [1.807, 2.05) is 0 Å². The van der Waals surface area contributed by atoms with Crippen molar-refractivity contribution >= 4 is 47.6 Å². The van der Waals surface area contributed by atoms with Crippen LogP contribution in [0.15, 0.2) is 4.99 Å². The predicted octanol–water partition coefficient (Wildman–Crippen LogP) is 1.66. The molecule has 9 heteroatoms. The van der Waals surface area contributed by atoms with Gasteiger partial charge >= 0.3 is 0 Å². The number of piperidine rings is 1. The molecule has 2 aliphatic rings. The smallest absolute Gasteiger partial charge is 0.243 e. The molecule has 0 bridgehead atoms. The second kappa shape index (κ2) is 13.8. The Morgan fingerprint density at radius 1 is 1.33 bits per heavy atom. The largest absolute Gasteiger partial charge is 0.376 e. The van der Waals surface area contributed by atoms with Crippen LogP contribution in [0.2, 0.25) is 0 Å². The minimum Gasteiger partial charge on any atom is -0.376 e. The lowest BCUT2D eigenvalue weighted by Crippen LogP contribution is -2.48. The molecule has 2 heterocycles. The van der Waals surface area contributed by atoms with Crippen LogP contribution in [-0.2, 0) is 14.3 Å². The quantitative estimate of drug-likeness (QED) is 0.230. The van der Waals surface area contributed by atoms with Crippen LogP contribution >= 0.6 is 35.7 Å². The van der Waals surface area contributed by atoms with Crippen molar-refractivity contribution in [3.8, 4) is 0 Å². The predicted molar refractivity (Wildman–Crippen MR) is 122 cm³/mol. The molecule has 1 amide bonds. The van der Waals surface area contributed by atoms with Crippen molar-refractivity contribution in [3.63, 3.8) is 0 Å². The van der Waals surface area contributed by atoms with E-state index in [1.165, 1.54) is 0 Å². The number of nitrogens with zero attached hydrogens (tertiary/aromatic N) is 3. The molecule has 0 aliphatic carbocycles. The number of halogens is 1. The average Bonchev–Trinajstić information content (AvgIpc) is 3.16. The zero-order valence-electron chi connectivity index (χ0n) is 16.8. The molecule has 1 atom stereocenters. The van der Waals surface area contributed by atoms with E-state index in [1.54, 1.807) is 30.8 Å². The van der Waals surface area contributed by atoms with E-state index in [9.17, 15) is 4.79 Å². The second-order valence-electron chi connectivity index (χ2n) is 7.00. The molecule has 158 valence electrons. The van der Waals surface area contributed by atoms with Crippen LogP contribution in [0.4, 0.5) is 0 Å². The summed E-state index contributed by atoms with van der Waals surface area (Å²) in [4.78, 5) is 20.2. The summed E-state index contributed by atoms with van der Waals surface area (Å²) in [7, 11) is 3.52. The molecule has 7 nitrogen and oxygen atoms in total. The summed E-state index contributed by atoms with van der Waals surface area (Å²) < 4.78 is 11.7. The van der Waals surface area contributed by atoms with E-state index in [0.29, 0.717) is 6.10 Å². The van der Waals surface area contributed by atoms with Gasteiger partial charge in [-0.25, -0.2) is 4.99 Å². The van der Waals surface area contributed by atoms with Gasteiger partial charge in [0.1, 0.15) is 6.54 Å². The molecular formula is C18H35IN4O3S. The van der Waals surface area contributed by atoms with E-state index < -0.39 is 0 Å². The average molecular weight is 514 g/mol. The second-order valence-corrected chi connectivity index (χ2v) is 7.99. The Morgan fingerprint density at radius 3 is 2.67 bits per heavy atom. The van der Waals surface area contributed by atoms with Gasteiger partial charge in [0, 0.05) is 46.1 Å². The van der Waals surface area contributed by atoms with Crippen LogP contribution < -0.4 is 5.32 Å². The van der Waals surface area contributed by atoms with Crippen LogP contribution in [0.5, 0.6) is 0 Å². The van der Waals surface area contributed by atoms with Crippen molar-refractivity contribution in [2.24, 2.45) is 4.99 Å². The SMILES string of the molecule is CSCCNC(=NCC(=O)N(C)C)N1CCC(OCC2CCCO2)CC1.I. The molecule has 0 saturated carbocycles. The van der Waals surface area contributed by atoms with Crippen LogP contribution in [0.25, 0.3) is 0 Å². The number of aliphatic imine (C=N–C) groups is 1. The molecule has 2 saturated heterocycles. The standard InChI is InChI=1S/C18H34N4O3S.HI/c1-21(2)17(23)13-20-18(19-8-12-26-3)22-9-6-15(7-10-22)25-14-16-5-4-11-24-16;/h15-16H,4-14H2,1-3H3,(H,19,20);1H. The highest BCUT2D eigenvalue weighted by Gasteiger charge is 2.24. The maximum Gasteiger partial charge on any atom is 0.243 e. The Bertz CT molecular complexity index is 454. The van der Waals surface area contributed by atoms with Gasteiger partial charge in [-0.2, -0.15) is 11.8 Å². The number of guanidine groups is 1. The fraction of sp³-hybridized carbons (Fsp3) is 0.889. The van der Waals surface area contributed by atoms with Gasteiger partial charge in [0.15, 0.2) is 5.96 Å². The first-order valence-electron chi connectivity index (χ1n) is 9.55. The molecule has 1 N–H and O–H groups in total. The Morgan fingerprint density at radius 2 is 2.07 bits per heavy atom. The fourth-order valence-corrected chi connectivity index (χ4v) is 3.38. The van der Waals surface area contributed by atoms with Gasteiger partial charge in [-0.3, -0.25) is 4.79 Å². The molecular weight excluding hydrogens is 479 g/mol. The van der Waals surface area contributed by atoms with Crippen molar-refractivity contribution in [2.75, 3.05) is 65.5 Å².